The molecule has 0 saturated heterocycles. The van der Waals surface area contributed by atoms with E-state index >= 15 is 0 Å². The second-order valence-corrected chi connectivity index (χ2v) is 7.94. The van der Waals surface area contributed by atoms with Crippen LogP contribution in [0.4, 0.5) is 0 Å². The number of carbonyl (C=O) groups excluding carboxylic acids is 2. The zero-order chi connectivity index (χ0) is 18.8. The lowest BCUT2D eigenvalue weighted by atomic mass is 10.1. The molecule has 0 N–H and O–H groups in total. The third kappa shape index (κ3) is 4.32. The average molecular weight is 573 g/mol. The summed E-state index contributed by atoms with van der Waals surface area (Å²) in [5.41, 5.74) is 2.82. The number of cyclic esters (lactones) is 1. The van der Waals surface area contributed by atoms with Gasteiger partial charge in [0.1, 0.15) is 0 Å². The molecule has 0 unspecified atom stereocenters. The first-order valence-electron chi connectivity index (χ1n) is 7.60. The Morgan fingerprint density at radius 3 is 2.50 bits per heavy atom. The summed E-state index contributed by atoms with van der Waals surface area (Å²) in [6, 6.07) is 11.3. The normalized spacial score (nSPS) is 15.0. The van der Waals surface area contributed by atoms with E-state index in [1.165, 1.54) is 6.92 Å². The van der Waals surface area contributed by atoms with Crippen molar-refractivity contribution in [3.8, 4) is 5.75 Å². The summed E-state index contributed by atoms with van der Waals surface area (Å²) >= 11 is 4.18. The van der Waals surface area contributed by atoms with Gasteiger partial charge in [-0.15, -0.1) is 0 Å². The highest BCUT2D eigenvalue weighted by atomic mass is 127. The number of nitrogens with zero attached hydrogens (tertiary/aromatic N) is 1. The first kappa shape index (κ1) is 19.0. The molecule has 132 valence electrons. The first-order valence-corrected chi connectivity index (χ1v) is 9.76. The molecule has 0 saturated carbocycles. The lowest BCUT2D eigenvalue weighted by Crippen LogP contribution is -2.05. The molecule has 0 atom stereocenters. The van der Waals surface area contributed by atoms with E-state index in [1.807, 2.05) is 43.3 Å². The number of hydrogen-bond acceptors (Lipinski definition) is 5. The van der Waals surface area contributed by atoms with Crippen molar-refractivity contribution < 1.29 is 19.1 Å². The summed E-state index contributed by atoms with van der Waals surface area (Å²) in [5, 5.41) is 0. The van der Waals surface area contributed by atoms with Gasteiger partial charge in [0.2, 0.25) is 5.90 Å². The van der Waals surface area contributed by atoms with Gasteiger partial charge >= 0.3 is 11.9 Å². The minimum atomic E-state index is -0.490. The van der Waals surface area contributed by atoms with Gasteiger partial charge < -0.3 is 9.47 Å². The smallest absolute Gasteiger partial charge is 0.363 e. The molecule has 0 spiro atoms. The fourth-order valence-electron chi connectivity index (χ4n) is 2.37. The highest BCUT2D eigenvalue weighted by molar-refractivity contribution is 14.1. The molecule has 0 radical (unpaired) electrons. The highest BCUT2D eigenvalue weighted by Crippen LogP contribution is 2.30. The van der Waals surface area contributed by atoms with Gasteiger partial charge in [0.15, 0.2) is 11.4 Å². The highest BCUT2D eigenvalue weighted by Gasteiger charge is 2.24. The summed E-state index contributed by atoms with van der Waals surface area (Å²) < 4.78 is 12.0. The Morgan fingerprint density at radius 1 is 1.19 bits per heavy atom. The SMILES string of the molecule is CC(=O)Oc1c(I)cc(C=C2N=C(c3cccc(C)c3)OC2=O)cc1I. The number of esters is 2. The molecule has 2 aromatic carbocycles. The van der Waals surface area contributed by atoms with Crippen LogP contribution in [-0.2, 0) is 14.3 Å². The fraction of sp³-hybridized carbons (Fsp3) is 0.105. The number of ether oxygens (including phenoxy) is 2. The van der Waals surface area contributed by atoms with Gasteiger partial charge in [0, 0.05) is 12.5 Å². The fourth-order valence-corrected chi connectivity index (χ4v) is 4.41. The van der Waals surface area contributed by atoms with Gasteiger partial charge in [-0.1, -0.05) is 17.7 Å². The van der Waals surface area contributed by atoms with Crippen molar-refractivity contribution in [2.75, 3.05) is 0 Å². The summed E-state index contributed by atoms with van der Waals surface area (Å²) in [4.78, 5) is 27.7. The first-order chi connectivity index (χ1) is 12.3. The monoisotopic (exact) mass is 573 g/mol. The lowest BCUT2D eigenvalue weighted by Gasteiger charge is -2.08. The standard InChI is InChI=1S/C19H13I2NO4/c1-10-4-3-5-13(6-10)18-22-16(19(24)26-18)9-12-7-14(20)17(15(21)8-12)25-11(2)23/h3-9H,1-2H3. The zero-order valence-corrected chi connectivity index (χ0v) is 18.2. The van der Waals surface area contributed by atoms with E-state index in [1.54, 1.807) is 6.08 Å². The van der Waals surface area contributed by atoms with Crippen LogP contribution >= 0.6 is 45.2 Å². The third-order valence-electron chi connectivity index (χ3n) is 3.46. The second-order valence-electron chi connectivity index (χ2n) is 5.61. The van der Waals surface area contributed by atoms with Crippen LogP contribution in [0.25, 0.3) is 6.08 Å². The molecule has 3 rings (SSSR count). The van der Waals surface area contributed by atoms with Crippen molar-refractivity contribution in [2.45, 2.75) is 13.8 Å². The van der Waals surface area contributed by atoms with Crippen LogP contribution < -0.4 is 4.74 Å². The molecule has 1 heterocycles. The van der Waals surface area contributed by atoms with Crippen LogP contribution in [-0.4, -0.2) is 17.8 Å². The molecule has 1 aliphatic heterocycles. The quantitative estimate of drug-likeness (QED) is 0.236. The Kier molecular flexibility index (Phi) is 5.76. The Hall–Kier alpha value is -1.75. The maximum absolute atomic E-state index is 12.2. The summed E-state index contributed by atoms with van der Waals surface area (Å²) in [5.74, 6) is -0.0565. The van der Waals surface area contributed by atoms with Gasteiger partial charge in [0.25, 0.3) is 0 Å². The van der Waals surface area contributed by atoms with Gasteiger partial charge in [-0.3, -0.25) is 4.79 Å². The van der Waals surface area contributed by atoms with E-state index in [0.717, 1.165) is 23.8 Å². The van der Waals surface area contributed by atoms with E-state index in [9.17, 15) is 9.59 Å². The minimum absolute atomic E-state index is 0.230. The lowest BCUT2D eigenvalue weighted by molar-refractivity contribution is -0.132. The number of aliphatic imine (C=N–C) groups is 1. The van der Waals surface area contributed by atoms with Crippen molar-refractivity contribution in [1.82, 2.24) is 0 Å². The average Bonchev–Trinajstić information content (AvgIpc) is 2.92. The largest absolute Gasteiger partial charge is 0.424 e. The minimum Gasteiger partial charge on any atom is -0.424 e. The molecule has 0 fully saturated rings. The number of aryl methyl sites for hydroxylation is 1. The summed E-state index contributed by atoms with van der Waals surface area (Å²) in [6.07, 6.45) is 1.66. The van der Waals surface area contributed by atoms with Crippen molar-refractivity contribution in [3.63, 3.8) is 0 Å². The molecule has 2 aromatic rings. The molecule has 0 bridgehead atoms. The van der Waals surface area contributed by atoms with Crippen LogP contribution in [0.3, 0.4) is 0 Å². The van der Waals surface area contributed by atoms with Crippen LogP contribution in [0.15, 0.2) is 47.1 Å². The summed E-state index contributed by atoms with van der Waals surface area (Å²) in [7, 11) is 0. The van der Waals surface area contributed by atoms with E-state index in [0.29, 0.717) is 11.6 Å². The van der Waals surface area contributed by atoms with E-state index in [-0.39, 0.29) is 11.7 Å². The topological polar surface area (TPSA) is 65.0 Å². The van der Waals surface area contributed by atoms with Crippen molar-refractivity contribution >= 4 is 69.1 Å². The summed E-state index contributed by atoms with van der Waals surface area (Å²) in [6.45, 7) is 3.32. The Morgan fingerprint density at radius 2 is 1.88 bits per heavy atom. The maximum Gasteiger partial charge on any atom is 0.363 e. The van der Waals surface area contributed by atoms with E-state index < -0.39 is 5.97 Å². The molecule has 26 heavy (non-hydrogen) atoms. The molecule has 0 aromatic heterocycles. The number of hydrogen-bond donors (Lipinski definition) is 0. The molecule has 0 aliphatic carbocycles. The van der Waals surface area contributed by atoms with Crippen molar-refractivity contribution in [1.29, 1.82) is 0 Å². The zero-order valence-electron chi connectivity index (χ0n) is 13.9. The molecule has 5 nitrogen and oxygen atoms in total. The second kappa shape index (κ2) is 7.87. The number of rotatable bonds is 3. The van der Waals surface area contributed by atoms with Gasteiger partial charge in [-0.05, 0) is 88.0 Å². The Labute approximate surface area is 177 Å². The Bertz CT molecular complexity index is 956. The number of carbonyl (C=O) groups is 2. The predicted molar refractivity (Wildman–Crippen MR) is 115 cm³/mol. The molecular formula is C19H13I2NO4. The van der Waals surface area contributed by atoms with Gasteiger partial charge in [0.05, 0.1) is 7.14 Å². The van der Waals surface area contributed by atoms with Crippen molar-refractivity contribution in [2.24, 2.45) is 4.99 Å². The molecule has 0 amide bonds. The van der Waals surface area contributed by atoms with Gasteiger partial charge in [-0.25, -0.2) is 9.79 Å². The maximum atomic E-state index is 12.2. The number of halogens is 2. The predicted octanol–water partition coefficient (Wildman–Crippen LogP) is 4.47. The molecule has 1 aliphatic rings. The van der Waals surface area contributed by atoms with Gasteiger partial charge in [-0.2, -0.15) is 0 Å². The van der Waals surface area contributed by atoms with Crippen LogP contribution in [0, 0.1) is 14.1 Å². The van der Waals surface area contributed by atoms with Crippen LogP contribution in [0.1, 0.15) is 23.6 Å². The van der Waals surface area contributed by atoms with E-state index in [4.69, 9.17) is 9.47 Å². The molecular weight excluding hydrogens is 560 g/mol. The Balaban J connectivity index is 1.94. The van der Waals surface area contributed by atoms with E-state index in [2.05, 4.69) is 50.2 Å². The van der Waals surface area contributed by atoms with Crippen LogP contribution in [0.5, 0.6) is 5.75 Å². The van der Waals surface area contributed by atoms with Crippen LogP contribution in [0.2, 0.25) is 0 Å². The van der Waals surface area contributed by atoms with Crippen molar-refractivity contribution in [3.05, 3.63) is 65.9 Å². The number of benzene rings is 2. The molecule has 7 heteroatoms. The third-order valence-corrected chi connectivity index (χ3v) is 5.06.